The Bertz CT molecular complexity index is 334. The van der Waals surface area contributed by atoms with E-state index in [2.05, 4.69) is 15.9 Å². The number of hydrogen-bond donors (Lipinski definition) is 1. The minimum Gasteiger partial charge on any atom is -0.496 e. The van der Waals surface area contributed by atoms with Crippen LogP contribution in [-0.4, -0.2) is 7.11 Å². The predicted octanol–water partition coefficient (Wildman–Crippen LogP) is 2.41. The van der Waals surface area contributed by atoms with Crippen LogP contribution in [0.4, 0.5) is 0 Å². The normalized spacial score (nSPS) is 18.4. The Morgan fingerprint density at radius 2 is 2.15 bits per heavy atom. The van der Waals surface area contributed by atoms with Gasteiger partial charge in [-0.2, -0.15) is 0 Å². The number of hydrogen-bond acceptors (Lipinski definition) is 2. The van der Waals surface area contributed by atoms with E-state index in [9.17, 15) is 0 Å². The number of rotatable bonds is 2. The molecule has 1 aromatic carbocycles. The van der Waals surface area contributed by atoms with Gasteiger partial charge in [-0.15, -0.1) is 0 Å². The number of halogens is 1. The molecule has 0 atom stereocenters. The van der Waals surface area contributed by atoms with E-state index in [-0.39, 0.29) is 5.54 Å². The third-order valence-electron chi connectivity index (χ3n) is 2.52. The third-order valence-corrected chi connectivity index (χ3v) is 3.14. The van der Waals surface area contributed by atoms with Crippen LogP contribution in [-0.2, 0) is 5.54 Å². The SMILES string of the molecule is COc1ccc(C2(N)CC2)cc1Br. The summed E-state index contributed by atoms with van der Waals surface area (Å²) < 4.78 is 6.12. The van der Waals surface area contributed by atoms with E-state index in [4.69, 9.17) is 10.5 Å². The molecule has 2 N–H and O–H groups in total. The first kappa shape index (κ1) is 9.03. The first-order chi connectivity index (χ1) is 6.15. The van der Waals surface area contributed by atoms with Gasteiger partial charge in [-0.05, 0) is 46.5 Å². The van der Waals surface area contributed by atoms with Crippen molar-refractivity contribution in [2.75, 3.05) is 7.11 Å². The zero-order valence-corrected chi connectivity index (χ0v) is 9.10. The first-order valence-corrected chi connectivity index (χ1v) is 5.08. The summed E-state index contributed by atoms with van der Waals surface area (Å²) in [5, 5.41) is 0. The van der Waals surface area contributed by atoms with Gasteiger partial charge in [0.1, 0.15) is 5.75 Å². The maximum atomic E-state index is 6.07. The summed E-state index contributed by atoms with van der Waals surface area (Å²) in [4.78, 5) is 0. The smallest absolute Gasteiger partial charge is 0.133 e. The average molecular weight is 242 g/mol. The summed E-state index contributed by atoms with van der Waals surface area (Å²) in [6.07, 6.45) is 2.18. The molecule has 1 aromatic rings. The van der Waals surface area contributed by atoms with Crippen molar-refractivity contribution in [1.82, 2.24) is 0 Å². The Balaban J connectivity index is 2.36. The first-order valence-electron chi connectivity index (χ1n) is 4.29. The standard InChI is InChI=1S/C10H12BrNO/c1-13-9-3-2-7(6-8(9)11)10(12)4-5-10/h2-3,6H,4-5,12H2,1H3. The largest absolute Gasteiger partial charge is 0.496 e. The van der Waals surface area contributed by atoms with Gasteiger partial charge in [0.2, 0.25) is 0 Å². The summed E-state index contributed by atoms with van der Waals surface area (Å²) in [5.74, 6) is 0.855. The molecule has 1 aliphatic rings. The van der Waals surface area contributed by atoms with Crippen molar-refractivity contribution in [3.8, 4) is 5.75 Å². The van der Waals surface area contributed by atoms with Crippen LogP contribution in [0.1, 0.15) is 18.4 Å². The van der Waals surface area contributed by atoms with E-state index in [0.29, 0.717) is 0 Å². The molecule has 70 valence electrons. The van der Waals surface area contributed by atoms with Crippen LogP contribution in [0.3, 0.4) is 0 Å². The van der Waals surface area contributed by atoms with E-state index in [0.717, 1.165) is 23.1 Å². The second-order valence-electron chi connectivity index (χ2n) is 3.51. The number of ether oxygens (including phenoxy) is 1. The molecule has 1 aliphatic carbocycles. The lowest BCUT2D eigenvalue weighted by Gasteiger charge is -2.11. The van der Waals surface area contributed by atoms with Crippen LogP contribution < -0.4 is 10.5 Å². The lowest BCUT2D eigenvalue weighted by molar-refractivity contribution is 0.412. The molecule has 0 unspecified atom stereocenters. The van der Waals surface area contributed by atoms with Crippen LogP contribution >= 0.6 is 15.9 Å². The van der Waals surface area contributed by atoms with Crippen molar-refractivity contribution >= 4 is 15.9 Å². The van der Waals surface area contributed by atoms with Crippen molar-refractivity contribution in [2.45, 2.75) is 18.4 Å². The van der Waals surface area contributed by atoms with E-state index < -0.39 is 0 Å². The van der Waals surface area contributed by atoms with Crippen LogP contribution in [0.2, 0.25) is 0 Å². The zero-order valence-electron chi connectivity index (χ0n) is 7.51. The number of benzene rings is 1. The molecule has 3 heteroatoms. The van der Waals surface area contributed by atoms with Gasteiger partial charge >= 0.3 is 0 Å². The van der Waals surface area contributed by atoms with E-state index >= 15 is 0 Å². The molecule has 0 aromatic heterocycles. The van der Waals surface area contributed by atoms with Crippen molar-refractivity contribution < 1.29 is 4.74 Å². The molecule has 0 spiro atoms. The Morgan fingerprint density at radius 1 is 1.46 bits per heavy atom. The Labute approximate surface area is 86.2 Å². The van der Waals surface area contributed by atoms with E-state index in [1.807, 2.05) is 18.2 Å². The van der Waals surface area contributed by atoms with Crippen molar-refractivity contribution in [2.24, 2.45) is 5.73 Å². The van der Waals surface area contributed by atoms with Gasteiger partial charge in [-0.25, -0.2) is 0 Å². The minimum absolute atomic E-state index is 0.0607. The highest BCUT2D eigenvalue weighted by Crippen LogP contribution is 2.44. The fourth-order valence-electron chi connectivity index (χ4n) is 1.40. The second kappa shape index (κ2) is 3.00. The molecule has 0 radical (unpaired) electrons. The zero-order chi connectivity index (χ0) is 9.47. The highest BCUT2D eigenvalue weighted by molar-refractivity contribution is 9.10. The lowest BCUT2D eigenvalue weighted by atomic mass is 10.1. The Morgan fingerprint density at radius 3 is 2.62 bits per heavy atom. The molecule has 1 saturated carbocycles. The van der Waals surface area contributed by atoms with Crippen LogP contribution in [0.15, 0.2) is 22.7 Å². The highest BCUT2D eigenvalue weighted by atomic mass is 79.9. The molecule has 0 bridgehead atoms. The molecule has 0 saturated heterocycles. The van der Waals surface area contributed by atoms with E-state index in [1.165, 1.54) is 5.56 Å². The monoisotopic (exact) mass is 241 g/mol. The Hall–Kier alpha value is -0.540. The number of nitrogens with two attached hydrogens (primary N) is 1. The third kappa shape index (κ3) is 1.58. The molecule has 2 rings (SSSR count). The number of methoxy groups -OCH3 is 1. The van der Waals surface area contributed by atoms with Crippen LogP contribution in [0, 0.1) is 0 Å². The fraction of sp³-hybridized carbons (Fsp3) is 0.400. The Kier molecular flexibility index (Phi) is 2.08. The molecular weight excluding hydrogens is 230 g/mol. The molecule has 0 aliphatic heterocycles. The van der Waals surface area contributed by atoms with Gasteiger partial charge < -0.3 is 10.5 Å². The quantitative estimate of drug-likeness (QED) is 0.864. The van der Waals surface area contributed by atoms with Crippen LogP contribution in [0.25, 0.3) is 0 Å². The molecular formula is C10H12BrNO. The van der Waals surface area contributed by atoms with Gasteiger partial charge in [-0.1, -0.05) is 6.07 Å². The molecule has 13 heavy (non-hydrogen) atoms. The van der Waals surface area contributed by atoms with Gasteiger partial charge in [-0.3, -0.25) is 0 Å². The van der Waals surface area contributed by atoms with Gasteiger partial charge in [0.05, 0.1) is 11.6 Å². The van der Waals surface area contributed by atoms with Crippen LogP contribution in [0.5, 0.6) is 5.75 Å². The molecule has 1 fully saturated rings. The maximum absolute atomic E-state index is 6.07. The van der Waals surface area contributed by atoms with Gasteiger partial charge in [0, 0.05) is 5.54 Å². The predicted molar refractivity (Wildman–Crippen MR) is 55.8 cm³/mol. The van der Waals surface area contributed by atoms with Gasteiger partial charge in [0.15, 0.2) is 0 Å². The van der Waals surface area contributed by atoms with Crippen molar-refractivity contribution in [1.29, 1.82) is 0 Å². The molecule has 0 heterocycles. The summed E-state index contributed by atoms with van der Waals surface area (Å²) in [6, 6.07) is 6.04. The van der Waals surface area contributed by atoms with Crippen molar-refractivity contribution in [3.63, 3.8) is 0 Å². The van der Waals surface area contributed by atoms with E-state index in [1.54, 1.807) is 7.11 Å². The maximum Gasteiger partial charge on any atom is 0.133 e. The summed E-state index contributed by atoms with van der Waals surface area (Å²) >= 11 is 3.45. The lowest BCUT2D eigenvalue weighted by Crippen LogP contribution is -2.18. The molecule has 2 nitrogen and oxygen atoms in total. The molecule has 0 amide bonds. The van der Waals surface area contributed by atoms with Crippen molar-refractivity contribution in [3.05, 3.63) is 28.2 Å². The average Bonchev–Trinajstić information content (AvgIpc) is 2.85. The summed E-state index contributed by atoms with van der Waals surface area (Å²) in [7, 11) is 1.66. The minimum atomic E-state index is -0.0607. The second-order valence-corrected chi connectivity index (χ2v) is 4.36. The topological polar surface area (TPSA) is 35.2 Å². The summed E-state index contributed by atoms with van der Waals surface area (Å²) in [6.45, 7) is 0. The fourth-order valence-corrected chi connectivity index (χ4v) is 1.94. The summed E-state index contributed by atoms with van der Waals surface area (Å²) in [5.41, 5.74) is 7.20. The highest BCUT2D eigenvalue weighted by Gasteiger charge is 2.40. The van der Waals surface area contributed by atoms with Gasteiger partial charge in [0.25, 0.3) is 0 Å².